The molecular formula is C21H19FN4O2. The van der Waals surface area contributed by atoms with E-state index in [0.29, 0.717) is 34.1 Å². The summed E-state index contributed by atoms with van der Waals surface area (Å²) >= 11 is 0. The minimum absolute atomic E-state index is 0.329. The molecular weight excluding hydrogens is 359 g/mol. The number of nitrogen functional groups attached to an aromatic ring is 1. The first-order valence-corrected chi connectivity index (χ1v) is 8.70. The Labute approximate surface area is 161 Å². The number of nitrogens with one attached hydrogen (secondary N) is 1. The highest BCUT2D eigenvalue weighted by atomic mass is 19.1. The van der Waals surface area contributed by atoms with Crippen molar-refractivity contribution in [1.82, 2.24) is 10.1 Å². The maximum absolute atomic E-state index is 14.1. The normalized spacial score (nSPS) is 11.0. The highest BCUT2D eigenvalue weighted by Crippen LogP contribution is 2.40. The van der Waals surface area contributed by atoms with Crippen molar-refractivity contribution in [3.8, 4) is 16.9 Å². The molecule has 142 valence electrons. The van der Waals surface area contributed by atoms with Crippen molar-refractivity contribution in [3.63, 3.8) is 0 Å². The summed E-state index contributed by atoms with van der Waals surface area (Å²) in [6.07, 6.45) is 1.55. The smallest absolute Gasteiger partial charge is 0.146 e. The largest absolute Gasteiger partial charge is 0.496 e. The Hall–Kier alpha value is -3.61. The van der Waals surface area contributed by atoms with Crippen LogP contribution < -0.4 is 15.8 Å². The summed E-state index contributed by atoms with van der Waals surface area (Å²) in [6.45, 7) is 3.72. The third-order valence-corrected chi connectivity index (χ3v) is 4.65. The Morgan fingerprint density at radius 1 is 1.18 bits per heavy atom. The van der Waals surface area contributed by atoms with Gasteiger partial charge in [-0.05, 0) is 38.1 Å². The highest BCUT2D eigenvalue weighted by Gasteiger charge is 2.19. The van der Waals surface area contributed by atoms with E-state index in [0.717, 1.165) is 22.2 Å². The lowest BCUT2D eigenvalue weighted by Crippen LogP contribution is -2.01. The van der Waals surface area contributed by atoms with Gasteiger partial charge in [-0.1, -0.05) is 17.3 Å². The third kappa shape index (κ3) is 2.90. The Kier molecular flexibility index (Phi) is 4.35. The van der Waals surface area contributed by atoms with E-state index in [1.54, 1.807) is 31.5 Å². The predicted octanol–water partition coefficient (Wildman–Crippen LogP) is 4.98. The molecule has 0 aliphatic rings. The highest BCUT2D eigenvalue weighted by molar-refractivity contribution is 6.02. The molecule has 0 spiro atoms. The first-order chi connectivity index (χ1) is 13.5. The molecule has 0 radical (unpaired) electrons. The monoisotopic (exact) mass is 378 g/mol. The number of aryl methyl sites for hydroxylation is 2. The average molecular weight is 378 g/mol. The van der Waals surface area contributed by atoms with Crippen LogP contribution in [0.1, 0.15) is 11.5 Å². The van der Waals surface area contributed by atoms with Gasteiger partial charge >= 0.3 is 0 Å². The molecule has 2 heterocycles. The Bertz CT molecular complexity index is 1170. The van der Waals surface area contributed by atoms with E-state index < -0.39 is 0 Å². The number of methoxy groups -OCH3 is 1. The van der Waals surface area contributed by atoms with Gasteiger partial charge in [0.15, 0.2) is 0 Å². The first kappa shape index (κ1) is 17.8. The number of rotatable bonds is 4. The zero-order valence-corrected chi connectivity index (χ0v) is 15.7. The summed E-state index contributed by atoms with van der Waals surface area (Å²) < 4.78 is 25.0. The molecule has 0 saturated heterocycles. The molecule has 4 rings (SSSR count). The number of nitrogens with zero attached hydrogens (tertiary/aromatic N) is 2. The lowest BCUT2D eigenvalue weighted by atomic mass is 10.00. The topological polar surface area (TPSA) is 86.2 Å². The van der Waals surface area contributed by atoms with E-state index in [9.17, 15) is 4.39 Å². The molecule has 2 aromatic carbocycles. The number of aromatic nitrogens is 2. The fourth-order valence-corrected chi connectivity index (χ4v) is 3.30. The molecule has 3 N–H and O–H groups in total. The zero-order chi connectivity index (χ0) is 19.8. The fraction of sp³-hybridized carbons (Fsp3) is 0.143. The molecule has 4 aromatic rings. The van der Waals surface area contributed by atoms with Crippen molar-refractivity contribution in [1.29, 1.82) is 0 Å². The molecule has 0 aliphatic heterocycles. The zero-order valence-electron chi connectivity index (χ0n) is 15.7. The fourth-order valence-electron chi connectivity index (χ4n) is 3.30. The van der Waals surface area contributed by atoms with Crippen LogP contribution in [0.25, 0.3) is 22.0 Å². The van der Waals surface area contributed by atoms with Gasteiger partial charge < -0.3 is 20.3 Å². The third-order valence-electron chi connectivity index (χ3n) is 4.65. The van der Waals surface area contributed by atoms with Crippen molar-refractivity contribution < 1.29 is 13.7 Å². The lowest BCUT2D eigenvalue weighted by molar-refractivity contribution is 0.393. The second kappa shape index (κ2) is 6.84. The predicted molar refractivity (Wildman–Crippen MR) is 107 cm³/mol. The van der Waals surface area contributed by atoms with Gasteiger partial charge in [-0.25, -0.2) is 4.39 Å². The maximum atomic E-state index is 14.1. The number of pyridine rings is 1. The summed E-state index contributed by atoms with van der Waals surface area (Å²) in [7, 11) is 1.59. The number of para-hydroxylation sites is 1. The second-order valence-corrected chi connectivity index (χ2v) is 6.46. The number of anilines is 3. The van der Waals surface area contributed by atoms with E-state index in [-0.39, 0.29) is 5.82 Å². The molecule has 0 saturated carbocycles. The van der Waals surface area contributed by atoms with Crippen LogP contribution in [0.4, 0.5) is 21.5 Å². The van der Waals surface area contributed by atoms with E-state index >= 15 is 0 Å². The van der Waals surface area contributed by atoms with Crippen LogP contribution in [-0.2, 0) is 0 Å². The Morgan fingerprint density at radius 3 is 2.64 bits per heavy atom. The van der Waals surface area contributed by atoms with Gasteiger partial charge in [-0.2, -0.15) is 0 Å². The number of fused-ring (bicyclic) bond motifs is 1. The second-order valence-electron chi connectivity index (χ2n) is 6.46. The Morgan fingerprint density at radius 2 is 1.96 bits per heavy atom. The molecule has 28 heavy (non-hydrogen) atoms. The number of halogens is 1. The summed E-state index contributed by atoms with van der Waals surface area (Å²) in [4.78, 5) is 4.45. The van der Waals surface area contributed by atoms with E-state index in [1.807, 2.05) is 26.0 Å². The number of hydrogen-bond donors (Lipinski definition) is 2. The van der Waals surface area contributed by atoms with Gasteiger partial charge in [-0.15, -0.1) is 0 Å². The van der Waals surface area contributed by atoms with E-state index in [2.05, 4.69) is 15.5 Å². The Balaban J connectivity index is 1.93. The molecule has 0 aliphatic carbocycles. The van der Waals surface area contributed by atoms with Gasteiger partial charge in [0.2, 0.25) is 0 Å². The molecule has 7 heteroatoms. The van der Waals surface area contributed by atoms with Crippen molar-refractivity contribution in [2.75, 3.05) is 18.2 Å². The van der Waals surface area contributed by atoms with Crippen molar-refractivity contribution in [2.45, 2.75) is 13.8 Å². The summed E-state index contributed by atoms with van der Waals surface area (Å²) in [6, 6.07) is 10.2. The van der Waals surface area contributed by atoms with E-state index in [1.165, 1.54) is 6.07 Å². The van der Waals surface area contributed by atoms with Crippen LogP contribution in [0.5, 0.6) is 5.75 Å². The van der Waals surface area contributed by atoms with Gasteiger partial charge in [-0.3, -0.25) is 4.98 Å². The standard InChI is InChI=1S/C21H19FN4O2/c1-11-20(12(2)28-26-11)14-8-18-13(9-19(14)27-3)21(16(23)10-24-18)25-17-7-5-4-6-15(17)22/h4-10H,23H2,1-3H3,(H,24,25). The molecule has 0 atom stereocenters. The molecule has 0 unspecified atom stereocenters. The number of nitrogens with two attached hydrogens (primary N) is 1. The number of ether oxygens (including phenoxy) is 1. The minimum atomic E-state index is -0.369. The van der Waals surface area contributed by atoms with Crippen molar-refractivity contribution >= 4 is 28.0 Å². The van der Waals surface area contributed by atoms with Crippen molar-refractivity contribution in [3.05, 3.63) is 59.9 Å². The van der Waals surface area contributed by atoms with Crippen LogP contribution in [0.2, 0.25) is 0 Å². The summed E-state index contributed by atoms with van der Waals surface area (Å²) in [5.41, 5.74) is 10.6. The van der Waals surface area contributed by atoms with Crippen LogP contribution >= 0.6 is 0 Å². The van der Waals surface area contributed by atoms with Gasteiger partial charge in [0.1, 0.15) is 17.3 Å². The molecule has 6 nitrogen and oxygen atoms in total. The van der Waals surface area contributed by atoms with E-state index in [4.69, 9.17) is 15.0 Å². The summed E-state index contributed by atoms with van der Waals surface area (Å²) in [5.74, 6) is 0.937. The minimum Gasteiger partial charge on any atom is -0.496 e. The van der Waals surface area contributed by atoms with Crippen molar-refractivity contribution in [2.24, 2.45) is 0 Å². The molecule has 0 bridgehead atoms. The average Bonchev–Trinajstić information content (AvgIpc) is 3.02. The molecule has 0 amide bonds. The molecule has 0 fully saturated rings. The molecule has 2 aromatic heterocycles. The van der Waals surface area contributed by atoms with Gasteiger partial charge in [0.25, 0.3) is 0 Å². The van der Waals surface area contributed by atoms with Gasteiger partial charge in [0, 0.05) is 10.9 Å². The number of hydrogen-bond acceptors (Lipinski definition) is 6. The van der Waals surface area contributed by atoms with Gasteiger partial charge in [0.05, 0.1) is 47.1 Å². The number of benzene rings is 2. The van der Waals surface area contributed by atoms with Crippen LogP contribution in [0.3, 0.4) is 0 Å². The summed E-state index contributed by atoms with van der Waals surface area (Å²) in [5, 5.41) is 7.82. The quantitative estimate of drug-likeness (QED) is 0.521. The van der Waals surface area contributed by atoms with Crippen LogP contribution in [0.15, 0.2) is 47.1 Å². The first-order valence-electron chi connectivity index (χ1n) is 8.70. The SMILES string of the molecule is COc1cc2c(Nc3ccccc3F)c(N)cnc2cc1-c1c(C)noc1C. The maximum Gasteiger partial charge on any atom is 0.146 e. The van der Waals surface area contributed by atoms with Crippen LogP contribution in [-0.4, -0.2) is 17.3 Å². The van der Waals surface area contributed by atoms with Crippen LogP contribution in [0, 0.1) is 19.7 Å². The lowest BCUT2D eigenvalue weighted by Gasteiger charge is -2.15.